The maximum Gasteiger partial charge on any atom is 0.115 e. The Kier molecular flexibility index (Phi) is 5.83. The summed E-state index contributed by atoms with van der Waals surface area (Å²) in [5.41, 5.74) is 2.24. The van der Waals surface area contributed by atoms with Crippen LogP contribution in [0.1, 0.15) is 31.0 Å². The highest BCUT2D eigenvalue weighted by molar-refractivity contribution is 5.27. The zero-order valence-corrected chi connectivity index (χ0v) is 14.4. The van der Waals surface area contributed by atoms with E-state index in [1.807, 2.05) is 30.5 Å². The molecular formula is C20H27N3O. The lowest BCUT2D eigenvalue weighted by Crippen LogP contribution is -2.39. The maximum atomic E-state index is 9.74. The highest BCUT2D eigenvalue weighted by Gasteiger charge is 2.25. The van der Waals surface area contributed by atoms with Crippen molar-refractivity contribution >= 4 is 0 Å². The predicted octanol–water partition coefficient (Wildman–Crippen LogP) is 3.27. The van der Waals surface area contributed by atoms with Crippen molar-refractivity contribution in [1.29, 1.82) is 0 Å². The van der Waals surface area contributed by atoms with Gasteiger partial charge in [0.1, 0.15) is 5.75 Å². The Bertz CT molecular complexity index is 632. The molecule has 4 nitrogen and oxygen atoms in total. The van der Waals surface area contributed by atoms with Crippen molar-refractivity contribution in [3.8, 4) is 5.75 Å². The first kappa shape index (κ1) is 16.9. The molecule has 1 aliphatic heterocycles. The number of nitrogens with zero attached hydrogens (tertiary/aromatic N) is 3. The van der Waals surface area contributed by atoms with Crippen LogP contribution < -0.4 is 0 Å². The van der Waals surface area contributed by atoms with Crippen molar-refractivity contribution in [2.24, 2.45) is 0 Å². The summed E-state index contributed by atoms with van der Waals surface area (Å²) < 4.78 is 0. The number of benzene rings is 1. The summed E-state index contributed by atoms with van der Waals surface area (Å²) >= 11 is 0. The third kappa shape index (κ3) is 4.56. The molecule has 1 aliphatic rings. The molecule has 1 N–H and O–H groups in total. The van der Waals surface area contributed by atoms with Crippen LogP contribution in [0.15, 0.2) is 48.7 Å². The average Bonchev–Trinajstić information content (AvgIpc) is 3.03. The smallest absolute Gasteiger partial charge is 0.115 e. The topological polar surface area (TPSA) is 39.6 Å². The molecule has 128 valence electrons. The Hall–Kier alpha value is -1.91. The minimum absolute atomic E-state index is 0.335. The number of phenols is 1. The standard InChI is InChI=1S/C20H27N3O/c1-2-23-12-6-9-19(23)16-22(15-18-8-3-4-11-21-18)14-17-7-5-10-20(24)13-17/h3-5,7-8,10-11,13,19,24H,2,6,9,12,14-16H2,1H3. The highest BCUT2D eigenvalue weighted by Crippen LogP contribution is 2.20. The molecule has 0 bridgehead atoms. The quantitative estimate of drug-likeness (QED) is 0.848. The second-order valence-electron chi connectivity index (χ2n) is 6.59. The van der Waals surface area contributed by atoms with Gasteiger partial charge in [-0.3, -0.25) is 14.8 Å². The van der Waals surface area contributed by atoms with Crippen molar-refractivity contribution in [3.05, 3.63) is 59.9 Å². The lowest BCUT2D eigenvalue weighted by molar-refractivity contribution is 0.164. The van der Waals surface area contributed by atoms with Gasteiger partial charge in [-0.25, -0.2) is 0 Å². The van der Waals surface area contributed by atoms with E-state index < -0.39 is 0 Å². The molecule has 0 amide bonds. The number of aromatic nitrogens is 1. The van der Waals surface area contributed by atoms with Gasteiger partial charge in [0.25, 0.3) is 0 Å². The Labute approximate surface area is 144 Å². The van der Waals surface area contributed by atoms with E-state index in [1.54, 1.807) is 6.07 Å². The molecule has 3 rings (SSSR count). The summed E-state index contributed by atoms with van der Waals surface area (Å²) in [7, 11) is 0. The molecule has 0 spiro atoms. The van der Waals surface area contributed by atoms with Gasteiger partial charge in [-0.1, -0.05) is 25.1 Å². The molecule has 1 saturated heterocycles. The van der Waals surface area contributed by atoms with Crippen molar-refractivity contribution in [3.63, 3.8) is 0 Å². The number of hydrogen-bond acceptors (Lipinski definition) is 4. The van der Waals surface area contributed by atoms with E-state index in [0.717, 1.165) is 37.4 Å². The Balaban J connectivity index is 1.72. The van der Waals surface area contributed by atoms with Gasteiger partial charge < -0.3 is 5.11 Å². The van der Waals surface area contributed by atoms with Crippen LogP contribution >= 0.6 is 0 Å². The van der Waals surface area contributed by atoms with Crippen molar-refractivity contribution in [1.82, 2.24) is 14.8 Å². The van der Waals surface area contributed by atoms with E-state index >= 15 is 0 Å². The van der Waals surface area contributed by atoms with E-state index in [0.29, 0.717) is 11.8 Å². The fraction of sp³-hybridized carbons (Fsp3) is 0.450. The van der Waals surface area contributed by atoms with E-state index in [4.69, 9.17) is 0 Å². The van der Waals surface area contributed by atoms with Crippen molar-refractivity contribution in [2.45, 2.75) is 38.9 Å². The number of hydrogen-bond donors (Lipinski definition) is 1. The molecule has 1 aromatic carbocycles. The normalized spacial score (nSPS) is 18.3. The van der Waals surface area contributed by atoms with Crippen LogP contribution in [0.3, 0.4) is 0 Å². The number of rotatable bonds is 7. The van der Waals surface area contributed by atoms with E-state index in [-0.39, 0.29) is 0 Å². The average molecular weight is 325 g/mol. The molecular weight excluding hydrogens is 298 g/mol. The van der Waals surface area contributed by atoms with Gasteiger partial charge in [-0.15, -0.1) is 0 Å². The van der Waals surface area contributed by atoms with Crippen LogP contribution in [0, 0.1) is 0 Å². The molecule has 2 aromatic rings. The van der Waals surface area contributed by atoms with Crippen LogP contribution in [0.5, 0.6) is 5.75 Å². The molecule has 2 heterocycles. The molecule has 24 heavy (non-hydrogen) atoms. The van der Waals surface area contributed by atoms with Crippen LogP contribution in [0.2, 0.25) is 0 Å². The molecule has 1 atom stereocenters. The Morgan fingerprint density at radius 1 is 1.21 bits per heavy atom. The molecule has 1 unspecified atom stereocenters. The fourth-order valence-corrected chi connectivity index (χ4v) is 3.64. The van der Waals surface area contributed by atoms with Crippen LogP contribution in [-0.4, -0.2) is 45.6 Å². The van der Waals surface area contributed by atoms with Gasteiger partial charge in [0, 0.05) is 31.9 Å². The van der Waals surface area contributed by atoms with Crippen molar-refractivity contribution < 1.29 is 5.11 Å². The van der Waals surface area contributed by atoms with Gasteiger partial charge in [0.2, 0.25) is 0 Å². The second kappa shape index (κ2) is 8.27. The summed E-state index contributed by atoms with van der Waals surface area (Å²) in [6.07, 6.45) is 4.42. The second-order valence-corrected chi connectivity index (χ2v) is 6.59. The first-order chi connectivity index (χ1) is 11.7. The molecule has 0 saturated carbocycles. The van der Waals surface area contributed by atoms with E-state index in [2.05, 4.69) is 33.8 Å². The maximum absolute atomic E-state index is 9.74. The summed E-state index contributed by atoms with van der Waals surface area (Å²) in [6, 6.07) is 14.3. The minimum atomic E-state index is 0.335. The Morgan fingerprint density at radius 2 is 2.12 bits per heavy atom. The molecule has 1 fully saturated rings. The van der Waals surface area contributed by atoms with Crippen molar-refractivity contribution in [2.75, 3.05) is 19.6 Å². The molecule has 1 aromatic heterocycles. The lowest BCUT2D eigenvalue weighted by atomic mass is 10.1. The first-order valence-corrected chi connectivity index (χ1v) is 8.89. The van der Waals surface area contributed by atoms with Gasteiger partial charge in [-0.2, -0.15) is 0 Å². The lowest BCUT2D eigenvalue weighted by Gasteiger charge is -2.30. The zero-order valence-electron chi connectivity index (χ0n) is 14.4. The number of pyridine rings is 1. The highest BCUT2D eigenvalue weighted by atomic mass is 16.3. The molecule has 4 heteroatoms. The van der Waals surface area contributed by atoms with E-state index in [1.165, 1.54) is 19.4 Å². The zero-order chi connectivity index (χ0) is 16.8. The monoisotopic (exact) mass is 325 g/mol. The van der Waals surface area contributed by atoms with Gasteiger partial charge in [0.05, 0.1) is 5.69 Å². The van der Waals surface area contributed by atoms with Gasteiger partial charge >= 0.3 is 0 Å². The predicted molar refractivity (Wildman–Crippen MR) is 96.7 cm³/mol. The van der Waals surface area contributed by atoms with Crippen LogP contribution in [0.25, 0.3) is 0 Å². The number of likely N-dealkylation sites (N-methyl/N-ethyl adjacent to an activating group) is 1. The van der Waals surface area contributed by atoms with E-state index in [9.17, 15) is 5.11 Å². The largest absolute Gasteiger partial charge is 0.508 e. The molecule has 0 radical (unpaired) electrons. The third-order valence-corrected chi connectivity index (χ3v) is 4.80. The molecule has 0 aliphatic carbocycles. The number of phenolic OH excluding ortho intramolecular Hbond substituents is 1. The summed E-state index contributed by atoms with van der Waals surface area (Å²) in [5.74, 6) is 0.335. The first-order valence-electron chi connectivity index (χ1n) is 8.89. The minimum Gasteiger partial charge on any atom is -0.508 e. The summed E-state index contributed by atoms with van der Waals surface area (Å²) in [4.78, 5) is 9.52. The summed E-state index contributed by atoms with van der Waals surface area (Å²) in [6.45, 7) is 7.29. The van der Waals surface area contributed by atoms with Crippen LogP contribution in [0.4, 0.5) is 0 Å². The Morgan fingerprint density at radius 3 is 2.88 bits per heavy atom. The number of likely N-dealkylation sites (tertiary alicyclic amines) is 1. The SMILES string of the molecule is CCN1CCCC1CN(Cc1cccc(O)c1)Cc1ccccn1. The number of aromatic hydroxyl groups is 1. The fourth-order valence-electron chi connectivity index (χ4n) is 3.64. The van der Waals surface area contributed by atoms with Gasteiger partial charge in [-0.05, 0) is 55.8 Å². The van der Waals surface area contributed by atoms with Crippen LogP contribution in [-0.2, 0) is 13.1 Å². The van der Waals surface area contributed by atoms with Gasteiger partial charge in [0.15, 0.2) is 0 Å². The third-order valence-electron chi connectivity index (χ3n) is 4.80. The summed E-state index contributed by atoms with van der Waals surface area (Å²) in [5, 5.41) is 9.74.